The SMILES string of the molecule is COC(=O)C[C@@H](N)c1cc(F)c(F)cc1Cl. The zero-order chi connectivity index (χ0) is 12.3. The first-order valence-corrected chi connectivity index (χ1v) is 4.80. The standard InChI is InChI=1S/C10H10ClF2NO2/c1-16-10(15)4-9(14)5-2-7(12)8(13)3-6(5)11/h2-3,9H,4,14H2,1H3/t9-/m1/s1. The number of benzene rings is 1. The Balaban J connectivity index is 2.95. The Kier molecular flexibility index (Phi) is 4.20. The van der Waals surface area contributed by atoms with Crippen LogP contribution in [0, 0.1) is 11.6 Å². The van der Waals surface area contributed by atoms with Crippen molar-refractivity contribution in [2.75, 3.05) is 7.11 Å². The van der Waals surface area contributed by atoms with Crippen LogP contribution in [-0.2, 0) is 9.53 Å². The van der Waals surface area contributed by atoms with E-state index in [4.69, 9.17) is 17.3 Å². The lowest BCUT2D eigenvalue weighted by atomic mass is 10.0. The van der Waals surface area contributed by atoms with Gasteiger partial charge in [-0.2, -0.15) is 0 Å². The number of nitrogens with two attached hydrogens (primary N) is 1. The fourth-order valence-corrected chi connectivity index (χ4v) is 1.49. The van der Waals surface area contributed by atoms with Crippen LogP contribution in [0.5, 0.6) is 0 Å². The molecule has 0 aliphatic carbocycles. The number of halogens is 3. The smallest absolute Gasteiger partial charge is 0.307 e. The Hall–Kier alpha value is -1.20. The lowest BCUT2D eigenvalue weighted by Gasteiger charge is -2.12. The van der Waals surface area contributed by atoms with E-state index in [0.29, 0.717) is 0 Å². The zero-order valence-electron chi connectivity index (χ0n) is 8.47. The van der Waals surface area contributed by atoms with Gasteiger partial charge in [0.2, 0.25) is 0 Å². The molecule has 0 saturated heterocycles. The summed E-state index contributed by atoms with van der Waals surface area (Å²) in [6.07, 6.45) is -0.151. The van der Waals surface area contributed by atoms with Gasteiger partial charge in [-0.05, 0) is 17.7 Å². The molecular weight excluding hydrogens is 240 g/mol. The van der Waals surface area contributed by atoms with E-state index in [1.807, 2.05) is 0 Å². The van der Waals surface area contributed by atoms with Crippen molar-refractivity contribution in [3.8, 4) is 0 Å². The lowest BCUT2D eigenvalue weighted by Crippen LogP contribution is -2.17. The van der Waals surface area contributed by atoms with Crippen LogP contribution in [0.25, 0.3) is 0 Å². The summed E-state index contributed by atoms with van der Waals surface area (Å²) in [6, 6.07) is 0.879. The molecule has 0 radical (unpaired) electrons. The average Bonchev–Trinajstić information content (AvgIpc) is 2.23. The molecule has 16 heavy (non-hydrogen) atoms. The van der Waals surface area contributed by atoms with Gasteiger partial charge < -0.3 is 10.5 Å². The monoisotopic (exact) mass is 249 g/mol. The molecule has 0 fully saturated rings. The van der Waals surface area contributed by atoms with Gasteiger partial charge in [0.25, 0.3) is 0 Å². The van der Waals surface area contributed by atoms with Gasteiger partial charge in [0.05, 0.1) is 13.5 Å². The fraction of sp³-hybridized carbons (Fsp3) is 0.300. The van der Waals surface area contributed by atoms with Crippen LogP contribution in [0.4, 0.5) is 8.78 Å². The molecule has 1 aromatic rings. The molecule has 1 aromatic carbocycles. The summed E-state index contributed by atoms with van der Waals surface area (Å²) < 4.78 is 30.1. The molecule has 0 bridgehead atoms. The van der Waals surface area contributed by atoms with Crippen molar-refractivity contribution in [1.82, 2.24) is 0 Å². The highest BCUT2D eigenvalue weighted by molar-refractivity contribution is 6.31. The third-order valence-corrected chi connectivity index (χ3v) is 2.38. The summed E-state index contributed by atoms with van der Waals surface area (Å²) in [4.78, 5) is 10.9. The van der Waals surface area contributed by atoms with E-state index in [1.54, 1.807) is 0 Å². The molecular formula is C10H10ClF2NO2. The van der Waals surface area contributed by atoms with Crippen LogP contribution in [0.15, 0.2) is 12.1 Å². The minimum absolute atomic E-state index is 0.0182. The molecule has 0 spiro atoms. The van der Waals surface area contributed by atoms with Gasteiger partial charge in [-0.3, -0.25) is 4.79 Å². The number of hydrogen-bond donors (Lipinski definition) is 1. The molecule has 0 saturated carbocycles. The molecule has 1 atom stereocenters. The molecule has 0 heterocycles. The van der Waals surface area contributed by atoms with Gasteiger partial charge in [-0.15, -0.1) is 0 Å². The second kappa shape index (κ2) is 5.23. The Morgan fingerprint density at radius 1 is 1.50 bits per heavy atom. The number of hydrogen-bond acceptors (Lipinski definition) is 3. The number of ether oxygens (including phenoxy) is 1. The number of rotatable bonds is 3. The van der Waals surface area contributed by atoms with Crippen molar-refractivity contribution in [2.24, 2.45) is 5.73 Å². The average molecular weight is 250 g/mol. The van der Waals surface area contributed by atoms with E-state index < -0.39 is 23.6 Å². The van der Waals surface area contributed by atoms with E-state index in [9.17, 15) is 13.6 Å². The normalized spacial score (nSPS) is 12.3. The van der Waals surface area contributed by atoms with Gasteiger partial charge in [0.1, 0.15) is 0 Å². The van der Waals surface area contributed by atoms with Gasteiger partial charge in [-0.25, -0.2) is 8.78 Å². The summed E-state index contributed by atoms with van der Waals surface area (Å²) in [5.74, 6) is -2.66. The van der Waals surface area contributed by atoms with Crippen LogP contribution < -0.4 is 5.73 Å². The Morgan fingerprint density at radius 2 is 2.06 bits per heavy atom. The Morgan fingerprint density at radius 3 is 2.62 bits per heavy atom. The highest BCUT2D eigenvalue weighted by Gasteiger charge is 2.17. The Bertz CT molecular complexity index is 412. The Labute approximate surface area is 96.1 Å². The third kappa shape index (κ3) is 2.90. The number of esters is 1. The second-order valence-corrected chi connectivity index (χ2v) is 3.58. The number of methoxy groups -OCH3 is 1. The van der Waals surface area contributed by atoms with Crippen LogP contribution in [0.3, 0.4) is 0 Å². The van der Waals surface area contributed by atoms with Crippen molar-refractivity contribution in [2.45, 2.75) is 12.5 Å². The van der Waals surface area contributed by atoms with Crippen molar-refractivity contribution in [3.05, 3.63) is 34.4 Å². The van der Waals surface area contributed by atoms with Crippen molar-refractivity contribution >= 4 is 17.6 Å². The molecule has 0 aromatic heterocycles. The largest absolute Gasteiger partial charge is 0.469 e. The topological polar surface area (TPSA) is 52.3 Å². The predicted octanol–water partition coefficient (Wildman–Crippen LogP) is 2.18. The van der Waals surface area contributed by atoms with Crippen molar-refractivity contribution in [3.63, 3.8) is 0 Å². The van der Waals surface area contributed by atoms with E-state index in [-0.39, 0.29) is 17.0 Å². The number of carbonyl (C=O) groups excluding carboxylic acids is 1. The molecule has 0 unspecified atom stereocenters. The van der Waals surface area contributed by atoms with E-state index >= 15 is 0 Å². The second-order valence-electron chi connectivity index (χ2n) is 3.17. The molecule has 0 aliphatic rings. The minimum atomic E-state index is -1.06. The van der Waals surface area contributed by atoms with E-state index in [0.717, 1.165) is 12.1 Å². The maximum absolute atomic E-state index is 12.9. The molecule has 1 rings (SSSR count). The maximum atomic E-state index is 12.9. The first-order chi connectivity index (χ1) is 7.45. The maximum Gasteiger partial charge on any atom is 0.307 e. The van der Waals surface area contributed by atoms with Crippen LogP contribution in [0.1, 0.15) is 18.0 Å². The minimum Gasteiger partial charge on any atom is -0.469 e. The molecule has 88 valence electrons. The predicted molar refractivity (Wildman–Crippen MR) is 54.9 cm³/mol. The molecule has 3 nitrogen and oxygen atoms in total. The van der Waals surface area contributed by atoms with E-state index in [2.05, 4.69) is 4.74 Å². The van der Waals surface area contributed by atoms with Crippen molar-refractivity contribution in [1.29, 1.82) is 0 Å². The summed E-state index contributed by atoms with van der Waals surface area (Å²) in [5, 5.41) is -0.0182. The molecule has 6 heteroatoms. The molecule has 0 amide bonds. The zero-order valence-corrected chi connectivity index (χ0v) is 9.22. The van der Waals surface area contributed by atoms with Crippen molar-refractivity contribution < 1.29 is 18.3 Å². The van der Waals surface area contributed by atoms with Crippen LogP contribution in [-0.4, -0.2) is 13.1 Å². The summed E-state index contributed by atoms with van der Waals surface area (Å²) in [7, 11) is 1.21. The lowest BCUT2D eigenvalue weighted by molar-refractivity contribution is -0.141. The molecule has 0 aliphatic heterocycles. The van der Waals surface area contributed by atoms with E-state index in [1.165, 1.54) is 7.11 Å². The van der Waals surface area contributed by atoms with Gasteiger partial charge in [0.15, 0.2) is 11.6 Å². The van der Waals surface area contributed by atoms with Crippen LogP contribution in [0.2, 0.25) is 5.02 Å². The summed E-state index contributed by atoms with van der Waals surface area (Å²) in [6.45, 7) is 0. The first-order valence-electron chi connectivity index (χ1n) is 4.42. The molecule has 2 N–H and O–H groups in total. The van der Waals surface area contributed by atoms with Gasteiger partial charge in [0, 0.05) is 11.1 Å². The van der Waals surface area contributed by atoms with Crippen LogP contribution >= 0.6 is 11.6 Å². The quantitative estimate of drug-likeness (QED) is 0.660. The number of carbonyl (C=O) groups is 1. The van der Waals surface area contributed by atoms with Gasteiger partial charge in [-0.1, -0.05) is 11.6 Å². The van der Waals surface area contributed by atoms with Gasteiger partial charge >= 0.3 is 5.97 Å². The highest BCUT2D eigenvalue weighted by Crippen LogP contribution is 2.26. The highest BCUT2D eigenvalue weighted by atomic mass is 35.5. The fourth-order valence-electron chi connectivity index (χ4n) is 1.19. The third-order valence-electron chi connectivity index (χ3n) is 2.05. The summed E-state index contributed by atoms with van der Waals surface area (Å²) in [5.41, 5.74) is 5.79. The first kappa shape index (κ1) is 12.9. The summed E-state index contributed by atoms with van der Waals surface area (Å²) >= 11 is 5.68.